The average Bonchev–Trinajstić information content (AvgIpc) is 3.08. The third-order valence-electron chi connectivity index (χ3n) is 5.39. The number of anilines is 2. The van der Waals surface area contributed by atoms with Crippen molar-refractivity contribution in [2.75, 3.05) is 31.5 Å². The van der Waals surface area contributed by atoms with Gasteiger partial charge in [-0.3, -0.25) is 9.59 Å². The standard InChI is InChI=1S/C26H24N2O5/c1-16-6-5-7-18(14-16)28-25(29)23(17-8-10-19(31-2)11-9-17)24(26(28)30)27-21-15-20(32-3)12-13-22(21)33-4/h5-15,27H,1-4H3. The molecule has 0 fully saturated rings. The third kappa shape index (κ3) is 4.13. The Bertz CT molecular complexity index is 1250. The molecule has 0 spiro atoms. The van der Waals surface area contributed by atoms with Gasteiger partial charge in [0, 0.05) is 6.07 Å². The number of amides is 2. The topological polar surface area (TPSA) is 77.1 Å². The maximum absolute atomic E-state index is 13.6. The summed E-state index contributed by atoms with van der Waals surface area (Å²) in [5.74, 6) is 0.862. The molecule has 0 unspecified atom stereocenters. The van der Waals surface area contributed by atoms with Crippen LogP contribution >= 0.6 is 0 Å². The van der Waals surface area contributed by atoms with Crippen molar-refractivity contribution in [2.24, 2.45) is 0 Å². The largest absolute Gasteiger partial charge is 0.497 e. The average molecular weight is 444 g/mol. The van der Waals surface area contributed by atoms with E-state index in [1.54, 1.807) is 68.8 Å². The van der Waals surface area contributed by atoms with E-state index in [4.69, 9.17) is 14.2 Å². The molecule has 1 N–H and O–H groups in total. The molecular weight excluding hydrogens is 420 g/mol. The van der Waals surface area contributed by atoms with Crippen LogP contribution in [-0.4, -0.2) is 33.1 Å². The molecule has 0 atom stereocenters. The van der Waals surface area contributed by atoms with Crippen molar-refractivity contribution in [1.29, 1.82) is 0 Å². The summed E-state index contributed by atoms with van der Waals surface area (Å²) in [5.41, 5.74) is 2.95. The quantitative estimate of drug-likeness (QED) is 0.544. The number of rotatable bonds is 7. The van der Waals surface area contributed by atoms with E-state index in [1.807, 2.05) is 19.1 Å². The Balaban J connectivity index is 1.85. The van der Waals surface area contributed by atoms with Crippen molar-refractivity contribution in [2.45, 2.75) is 6.92 Å². The lowest BCUT2D eigenvalue weighted by atomic mass is 10.0. The normalized spacial score (nSPS) is 13.4. The van der Waals surface area contributed by atoms with E-state index in [2.05, 4.69) is 5.32 Å². The van der Waals surface area contributed by atoms with Gasteiger partial charge < -0.3 is 19.5 Å². The van der Waals surface area contributed by atoms with Gasteiger partial charge in [0.05, 0.1) is 38.3 Å². The molecule has 3 aromatic rings. The fourth-order valence-corrected chi connectivity index (χ4v) is 3.72. The predicted octanol–water partition coefficient (Wildman–Crippen LogP) is 4.42. The van der Waals surface area contributed by atoms with Gasteiger partial charge in [-0.2, -0.15) is 0 Å². The summed E-state index contributed by atoms with van der Waals surface area (Å²) in [6.45, 7) is 1.91. The van der Waals surface area contributed by atoms with Crippen molar-refractivity contribution in [3.8, 4) is 17.2 Å². The van der Waals surface area contributed by atoms with E-state index >= 15 is 0 Å². The zero-order chi connectivity index (χ0) is 23.5. The zero-order valence-electron chi connectivity index (χ0n) is 18.8. The van der Waals surface area contributed by atoms with Crippen LogP contribution in [0.2, 0.25) is 0 Å². The Morgan fingerprint density at radius 1 is 0.758 bits per heavy atom. The highest BCUT2D eigenvalue weighted by Gasteiger charge is 2.40. The summed E-state index contributed by atoms with van der Waals surface area (Å²) in [6, 6.07) is 19.5. The van der Waals surface area contributed by atoms with Crippen LogP contribution in [0, 0.1) is 6.92 Å². The zero-order valence-corrected chi connectivity index (χ0v) is 18.8. The number of hydrogen-bond donors (Lipinski definition) is 1. The predicted molar refractivity (Wildman–Crippen MR) is 127 cm³/mol. The first-order valence-electron chi connectivity index (χ1n) is 10.3. The SMILES string of the molecule is COc1ccc(C2=C(Nc3cc(OC)ccc3OC)C(=O)N(c3cccc(C)c3)C2=O)cc1. The van der Waals surface area contributed by atoms with E-state index in [1.165, 1.54) is 12.0 Å². The van der Waals surface area contributed by atoms with Gasteiger partial charge in [0.15, 0.2) is 0 Å². The Morgan fingerprint density at radius 3 is 2.09 bits per heavy atom. The van der Waals surface area contributed by atoms with Crippen LogP contribution in [0.5, 0.6) is 17.2 Å². The lowest BCUT2D eigenvalue weighted by Gasteiger charge is -2.16. The van der Waals surface area contributed by atoms with Crippen molar-refractivity contribution >= 4 is 28.8 Å². The summed E-state index contributed by atoms with van der Waals surface area (Å²) in [4.78, 5) is 28.3. The molecule has 0 saturated heterocycles. The molecular formula is C26H24N2O5. The second-order valence-corrected chi connectivity index (χ2v) is 7.45. The van der Waals surface area contributed by atoms with Crippen LogP contribution < -0.4 is 24.4 Å². The molecule has 3 aromatic carbocycles. The van der Waals surface area contributed by atoms with Crippen molar-refractivity contribution in [1.82, 2.24) is 0 Å². The molecule has 33 heavy (non-hydrogen) atoms. The number of nitrogens with zero attached hydrogens (tertiary/aromatic N) is 1. The van der Waals surface area contributed by atoms with Crippen molar-refractivity contribution in [3.63, 3.8) is 0 Å². The maximum atomic E-state index is 13.6. The number of hydrogen-bond acceptors (Lipinski definition) is 6. The Labute approximate surface area is 192 Å². The van der Waals surface area contributed by atoms with E-state index in [-0.39, 0.29) is 11.3 Å². The number of benzene rings is 3. The third-order valence-corrected chi connectivity index (χ3v) is 5.39. The van der Waals surface area contributed by atoms with E-state index in [9.17, 15) is 9.59 Å². The highest BCUT2D eigenvalue weighted by atomic mass is 16.5. The molecule has 1 aliphatic rings. The molecule has 2 amide bonds. The van der Waals surface area contributed by atoms with Crippen LogP contribution in [0.3, 0.4) is 0 Å². The lowest BCUT2D eigenvalue weighted by molar-refractivity contribution is -0.120. The van der Waals surface area contributed by atoms with Gasteiger partial charge in [0.2, 0.25) is 0 Å². The molecule has 4 rings (SSSR count). The maximum Gasteiger partial charge on any atom is 0.282 e. The first kappa shape index (κ1) is 22.0. The van der Waals surface area contributed by atoms with Gasteiger partial charge >= 0.3 is 0 Å². The van der Waals surface area contributed by atoms with Crippen molar-refractivity contribution in [3.05, 3.63) is 83.6 Å². The minimum absolute atomic E-state index is 0.151. The number of ether oxygens (including phenoxy) is 3. The molecule has 7 heteroatoms. The first-order valence-corrected chi connectivity index (χ1v) is 10.3. The number of nitrogens with one attached hydrogen (secondary N) is 1. The number of methoxy groups -OCH3 is 3. The van der Waals surface area contributed by atoms with E-state index in [0.29, 0.717) is 34.2 Å². The first-order chi connectivity index (χ1) is 16.0. The minimum Gasteiger partial charge on any atom is -0.497 e. The van der Waals surface area contributed by atoms with Crippen LogP contribution in [-0.2, 0) is 9.59 Å². The Kier molecular flexibility index (Phi) is 6.04. The van der Waals surface area contributed by atoms with Crippen LogP contribution in [0.25, 0.3) is 5.57 Å². The summed E-state index contributed by atoms with van der Waals surface area (Å²) in [5, 5.41) is 3.14. The molecule has 0 aromatic heterocycles. The molecule has 0 bridgehead atoms. The molecule has 0 radical (unpaired) electrons. The Morgan fingerprint density at radius 2 is 1.45 bits per heavy atom. The second kappa shape index (κ2) is 9.08. The highest BCUT2D eigenvalue weighted by molar-refractivity contribution is 6.46. The number of carbonyl (C=O) groups is 2. The molecule has 1 aliphatic heterocycles. The van der Waals surface area contributed by atoms with Crippen LogP contribution in [0.15, 0.2) is 72.4 Å². The van der Waals surface area contributed by atoms with Gasteiger partial charge in [-0.25, -0.2) is 4.90 Å². The monoisotopic (exact) mass is 444 g/mol. The fraction of sp³-hybridized carbons (Fsp3) is 0.154. The fourth-order valence-electron chi connectivity index (χ4n) is 3.72. The van der Waals surface area contributed by atoms with Crippen LogP contribution in [0.1, 0.15) is 11.1 Å². The smallest absolute Gasteiger partial charge is 0.282 e. The molecule has 0 aliphatic carbocycles. The number of aryl methyl sites for hydroxylation is 1. The van der Waals surface area contributed by atoms with Gasteiger partial charge in [-0.15, -0.1) is 0 Å². The van der Waals surface area contributed by atoms with E-state index in [0.717, 1.165) is 5.56 Å². The molecule has 168 valence electrons. The molecule has 7 nitrogen and oxygen atoms in total. The van der Waals surface area contributed by atoms with Gasteiger partial charge in [0.25, 0.3) is 11.8 Å². The summed E-state index contributed by atoms with van der Waals surface area (Å²) in [7, 11) is 4.66. The highest BCUT2D eigenvalue weighted by Crippen LogP contribution is 2.37. The molecule has 1 heterocycles. The second-order valence-electron chi connectivity index (χ2n) is 7.45. The summed E-state index contributed by atoms with van der Waals surface area (Å²) in [6.07, 6.45) is 0. The number of carbonyl (C=O) groups excluding carboxylic acids is 2. The summed E-state index contributed by atoms with van der Waals surface area (Å²) >= 11 is 0. The number of imide groups is 1. The van der Waals surface area contributed by atoms with Gasteiger partial charge in [0.1, 0.15) is 22.9 Å². The summed E-state index contributed by atoms with van der Waals surface area (Å²) < 4.78 is 16.0. The minimum atomic E-state index is -0.457. The van der Waals surface area contributed by atoms with Crippen LogP contribution in [0.4, 0.5) is 11.4 Å². The van der Waals surface area contributed by atoms with Crippen molar-refractivity contribution < 1.29 is 23.8 Å². The molecule has 0 saturated carbocycles. The van der Waals surface area contributed by atoms with Gasteiger partial charge in [-0.1, -0.05) is 24.3 Å². The lowest BCUT2D eigenvalue weighted by Crippen LogP contribution is -2.32. The Hall–Kier alpha value is -4.26. The van der Waals surface area contributed by atoms with E-state index < -0.39 is 11.8 Å². The van der Waals surface area contributed by atoms with Gasteiger partial charge in [-0.05, 0) is 54.4 Å².